The SMILES string of the molecule is CCCN(CCC)CCCCN(C)CC1C=CC(C#N)=CC1. The van der Waals surface area contributed by atoms with E-state index in [1.165, 1.54) is 51.9 Å². The van der Waals surface area contributed by atoms with Crippen molar-refractivity contribution < 1.29 is 0 Å². The molecule has 0 saturated heterocycles. The van der Waals surface area contributed by atoms with Crippen LogP contribution in [-0.2, 0) is 0 Å². The van der Waals surface area contributed by atoms with E-state index in [0.29, 0.717) is 5.92 Å². The van der Waals surface area contributed by atoms with E-state index in [0.717, 1.165) is 18.5 Å². The third-order valence-electron chi connectivity index (χ3n) is 4.21. The molecule has 0 fully saturated rings. The van der Waals surface area contributed by atoms with Gasteiger partial charge < -0.3 is 9.80 Å². The first-order valence-corrected chi connectivity index (χ1v) is 8.88. The molecule has 0 N–H and O–H groups in total. The number of rotatable bonds is 11. The van der Waals surface area contributed by atoms with Crippen LogP contribution in [0.4, 0.5) is 0 Å². The second-order valence-corrected chi connectivity index (χ2v) is 6.44. The number of hydrogen-bond acceptors (Lipinski definition) is 3. The summed E-state index contributed by atoms with van der Waals surface area (Å²) < 4.78 is 0. The predicted molar refractivity (Wildman–Crippen MR) is 94.7 cm³/mol. The zero-order valence-corrected chi connectivity index (χ0v) is 14.7. The monoisotopic (exact) mass is 303 g/mol. The molecule has 0 radical (unpaired) electrons. The Labute approximate surface area is 137 Å². The molecule has 1 atom stereocenters. The summed E-state index contributed by atoms with van der Waals surface area (Å²) in [6.45, 7) is 10.5. The molecule has 0 aromatic heterocycles. The second kappa shape index (κ2) is 11.5. The zero-order valence-electron chi connectivity index (χ0n) is 14.7. The summed E-state index contributed by atoms with van der Waals surface area (Å²) in [5.41, 5.74) is 0.811. The van der Waals surface area contributed by atoms with Crippen LogP contribution in [0.5, 0.6) is 0 Å². The molecule has 0 aromatic rings. The van der Waals surface area contributed by atoms with Gasteiger partial charge in [0.2, 0.25) is 0 Å². The predicted octanol–water partition coefficient (Wildman–Crippen LogP) is 3.85. The first kappa shape index (κ1) is 18.9. The number of hydrogen-bond donors (Lipinski definition) is 0. The molecule has 0 bridgehead atoms. The molecule has 0 aromatic carbocycles. The molecule has 1 unspecified atom stereocenters. The van der Waals surface area contributed by atoms with Gasteiger partial charge in [-0.3, -0.25) is 0 Å². The fraction of sp³-hybridized carbons (Fsp3) is 0.737. The van der Waals surface area contributed by atoms with Gasteiger partial charge in [0.15, 0.2) is 0 Å². The quantitative estimate of drug-likeness (QED) is 0.543. The minimum atomic E-state index is 0.568. The summed E-state index contributed by atoms with van der Waals surface area (Å²) in [5.74, 6) is 0.568. The Hall–Kier alpha value is -1.11. The summed E-state index contributed by atoms with van der Waals surface area (Å²) in [6, 6.07) is 2.21. The average Bonchev–Trinajstić information content (AvgIpc) is 2.52. The van der Waals surface area contributed by atoms with Crippen molar-refractivity contribution in [1.29, 1.82) is 5.26 Å². The fourth-order valence-electron chi connectivity index (χ4n) is 3.06. The van der Waals surface area contributed by atoms with Crippen LogP contribution in [0.1, 0.15) is 46.0 Å². The van der Waals surface area contributed by atoms with Crippen LogP contribution >= 0.6 is 0 Å². The standard InChI is InChI=1S/C19H33N3/c1-4-12-22(13-5-2)15-7-6-14-21(3)17-19-10-8-18(16-20)9-11-19/h8-10,19H,4-7,11-15,17H2,1-3H3. The number of allylic oxidation sites excluding steroid dienone is 3. The molecule has 0 heterocycles. The number of unbranched alkanes of at least 4 members (excludes halogenated alkanes) is 1. The first-order chi connectivity index (χ1) is 10.7. The van der Waals surface area contributed by atoms with E-state index < -0.39 is 0 Å². The number of nitriles is 1. The van der Waals surface area contributed by atoms with Crippen molar-refractivity contribution in [1.82, 2.24) is 9.80 Å². The maximum Gasteiger partial charge on any atom is 0.0988 e. The second-order valence-electron chi connectivity index (χ2n) is 6.44. The van der Waals surface area contributed by atoms with Crippen molar-refractivity contribution in [2.45, 2.75) is 46.0 Å². The molecule has 3 nitrogen and oxygen atoms in total. The summed E-state index contributed by atoms with van der Waals surface area (Å²) >= 11 is 0. The molecule has 0 amide bonds. The summed E-state index contributed by atoms with van der Waals surface area (Å²) in [4.78, 5) is 5.03. The third-order valence-corrected chi connectivity index (χ3v) is 4.21. The van der Waals surface area contributed by atoms with Gasteiger partial charge in [-0.15, -0.1) is 0 Å². The highest BCUT2D eigenvalue weighted by Crippen LogP contribution is 2.16. The molecule has 3 heteroatoms. The Bertz CT molecular complexity index is 386. The van der Waals surface area contributed by atoms with Crippen LogP contribution in [0.15, 0.2) is 23.8 Å². The maximum atomic E-state index is 8.84. The van der Waals surface area contributed by atoms with E-state index >= 15 is 0 Å². The van der Waals surface area contributed by atoms with E-state index in [-0.39, 0.29) is 0 Å². The highest BCUT2D eigenvalue weighted by molar-refractivity contribution is 5.35. The van der Waals surface area contributed by atoms with Crippen molar-refractivity contribution >= 4 is 0 Å². The lowest BCUT2D eigenvalue weighted by atomic mass is 9.97. The molecule has 1 rings (SSSR count). The van der Waals surface area contributed by atoms with Crippen molar-refractivity contribution in [2.24, 2.45) is 5.92 Å². The van der Waals surface area contributed by atoms with Gasteiger partial charge in [0.05, 0.1) is 6.07 Å². The van der Waals surface area contributed by atoms with Gasteiger partial charge in [-0.05, 0) is 77.3 Å². The van der Waals surface area contributed by atoms with Crippen LogP contribution in [-0.4, -0.2) is 49.6 Å². The van der Waals surface area contributed by atoms with Crippen LogP contribution < -0.4 is 0 Å². The zero-order chi connectivity index (χ0) is 16.2. The third kappa shape index (κ3) is 7.77. The lowest BCUT2D eigenvalue weighted by molar-refractivity contribution is 0.251. The summed E-state index contributed by atoms with van der Waals surface area (Å²) in [7, 11) is 2.22. The van der Waals surface area contributed by atoms with E-state index in [9.17, 15) is 0 Å². The lowest BCUT2D eigenvalue weighted by Crippen LogP contribution is -2.29. The van der Waals surface area contributed by atoms with E-state index in [2.05, 4.69) is 48.9 Å². The van der Waals surface area contributed by atoms with Crippen molar-refractivity contribution in [3.8, 4) is 6.07 Å². The Balaban J connectivity index is 2.13. The normalized spacial score (nSPS) is 17.8. The lowest BCUT2D eigenvalue weighted by Gasteiger charge is -2.24. The van der Waals surface area contributed by atoms with E-state index in [4.69, 9.17) is 5.26 Å². The molecule has 1 aliphatic carbocycles. The highest BCUT2D eigenvalue weighted by atomic mass is 15.1. The Morgan fingerprint density at radius 3 is 2.36 bits per heavy atom. The van der Waals surface area contributed by atoms with Crippen LogP contribution in [0, 0.1) is 17.2 Å². The molecular formula is C19H33N3. The molecule has 0 saturated carbocycles. The fourth-order valence-corrected chi connectivity index (χ4v) is 3.06. The Morgan fingerprint density at radius 1 is 1.14 bits per heavy atom. The molecule has 22 heavy (non-hydrogen) atoms. The van der Waals surface area contributed by atoms with Crippen LogP contribution in [0.25, 0.3) is 0 Å². The smallest absolute Gasteiger partial charge is 0.0988 e. The average molecular weight is 303 g/mol. The van der Waals surface area contributed by atoms with Gasteiger partial charge in [0.1, 0.15) is 0 Å². The molecule has 0 aliphatic heterocycles. The first-order valence-electron chi connectivity index (χ1n) is 8.88. The van der Waals surface area contributed by atoms with Gasteiger partial charge >= 0.3 is 0 Å². The Morgan fingerprint density at radius 2 is 1.82 bits per heavy atom. The molecule has 0 spiro atoms. The van der Waals surface area contributed by atoms with Crippen molar-refractivity contribution in [2.75, 3.05) is 39.8 Å². The van der Waals surface area contributed by atoms with Gasteiger partial charge in [-0.1, -0.05) is 26.0 Å². The minimum absolute atomic E-state index is 0.568. The summed E-state index contributed by atoms with van der Waals surface area (Å²) in [6.07, 6.45) is 12.3. The van der Waals surface area contributed by atoms with E-state index in [1.54, 1.807) is 0 Å². The summed E-state index contributed by atoms with van der Waals surface area (Å²) in [5, 5.41) is 8.84. The molecule has 124 valence electrons. The van der Waals surface area contributed by atoms with Crippen LogP contribution in [0.3, 0.4) is 0 Å². The highest BCUT2D eigenvalue weighted by Gasteiger charge is 2.11. The van der Waals surface area contributed by atoms with Crippen molar-refractivity contribution in [3.05, 3.63) is 23.8 Å². The minimum Gasteiger partial charge on any atom is -0.306 e. The number of nitrogens with zero attached hydrogens (tertiary/aromatic N) is 3. The van der Waals surface area contributed by atoms with Crippen molar-refractivity contribution in [3.63, 3.8) is 0 Å². The maximum absolute atomic E-state index is 8.84. The van der Waals surface area contributed by atoms with Gasteiger partial charge in [0, 0.05) is 12.1 Å². The van der Waals surface area contributed by atoms with Crippen LogP contribution in [0.2, 0.25) is 0 Å². The van der Waals surface area contributed by atoms with Gasteiger partial charge in [0.25, 0.3) is 0 Å². The molecule has 1 aliphatic rings. The van der Waals surface area contributed by atoms with Gasteiger partial charge in [-0.25, -0.2) is 0 Å². The Kier molecular flexibility index (Phi) is 9.86. The largest absolute Gasteiger partial charge is 0.306 e. The van der Waals surface area contributed by atoms with E-state index in [1.807, 2.05) is 6.08 Å². The molecular weight excluding hydrogens is 270 g/mol. The van der Waals surface area contributed by atoms with Gasteiger partial charge in [-0.2, -0.15) is 5.26 Å². The topological polar surface area (TPSA) is 30.3 Å².